The van der Waals surface area contributed by atoms with Crippen LogP contribution in [0.5, 0.6) is 5.75 Å². The van der Waals surface area contributed by atoms with Crippen molar-refractivity contribution >= 4 is 0 Å². The van der Waals surface area contributed by atoms with Gasteiger partial charge in [0, 0.05) is 25.8 Å². The maximum Gasteiger partial charge on any atom is 0.137 e. The molecule has 1 atom stereocenters. The molecule has 4 heteroatoms. The number of nitrogens with zero attached hydrogens (tertiary/aromatic N) is 2. The number of benzene rings is 1. The van der Waals surface area contributed by atoms with Crippen LogP contribution in [0.1, 0.15) is 35.6 Å². The number of ether oxygens (including phenoxy) is 1. The van der Waals surface area contributed by atoms with Gasteiger partial charge in [-0.25, -0.2) is 0 Å². The van der Waals surface area contributed by atoms with Gasteiger partial charge in [0.05, 0.1) is 12.3 Å². The van der Waals surface area contributed by atoms with Gasteiger partial charge in [0.1, 0.15) is 11.9 Å². The lowest BCUT2D eigenvalue weighted by Crippen LogP contribution is -2.40. The number of piperidine rings is 1. The maximum absolute atomic E-state index is 10.6. The van der Waals surface area contributed by atoms with Gasteiger partial charge >= 0.3 is 0 Å². The first-order valence-corrected chi connectivity index (χ1v) is 8.66. The van der Waals surface area contributed by atoms with Gasteiger partial charge in [-0.3, -0.25) is 4.98 Å². The van der Waals surface area contributed by atoms with E-state index in [0.29, 0.717) is 6.54 Å². The monoisotopic (exact) mass is 326 g/mol. The molecule has 1 aromatic carbocycles. The predicted octanol–water partition coefficient (Wildman–Crippen LogP) is 3.28. The Morgan fingerprint density at radius 1 is 1.25 bits per heavy atom. The second-order valence-corrected chi connectivity index (χ2v) is 6.68. The second-order valence-electron chi connectivity index (χ2n) is 6.68. The Bertz CT molecular complexity index is 652. The van der Waals surface area contributed by atoms with E-state index in [1.54, 1.807) is 12.4 Å². The summed E-state index contributed by atoms with van der Waals surface area (Å²) in [6.45, 7) is 6.71. The van der Waals surface area contributed by atoms with Crippen LogP contribution in [-0.4, -0.2) is 40.7 Å². The molecule has 0 spiro atoms. The van der Waals surface area contributed by atoms with Crippen LogP contribution in [0.25, 0.3) is 0 Å². The molecule has 3 rings (SSSR count). The van der Waals surface area contributed by atoms with Crippen molar-refractivity contribution in [2.45, 2.75) is 38.9 Å². The summed E-state index contributed by atoms with van der Waals surface area (Å²) in [4.78, 5) is 6.41. The number of rotatable bonds is 5. The highest BCUT2D eigenvalue weighted by molar-refractivity contribution is 5.32. The van der Waals surface area contributed by atoms with E-state index in [0.717, 1.165) is 42.8 Å². The highest BCUT2D eigenvalue weighted by Gasteiger charge is 2.23. The Hall–Kier alpha value is -1.91. The van der Waals surface area contributed by atoms with E-state index in [1.807, 2.05) is 12.1 Å². The summed E-state index contributed by atoms with van der Waals surface area (Å²) >= 11 is 0. The summed E-state index contributed by atoms with van der Waals surface area (Å²) in [5.74, 6) is 0.839. The molecule has 1 saturated heterocycles. The van der Waals surface area contributed by atoms with Crippen molar-refractivity contribution in [3.8, 4) is 5.75 Å². The topological polar surface area (TPSA) is 45.6 Å². The first-order chi connectivity index (χ1) is 11.6. The first-order valence-electron chi connectivity index (χ1n) is 8.66. The molecule has 4 nitrogen and oxygen atoms in total. The van der Waals surface area contributed by atoms with Crippen LogP contribution < -0.4 is 4.74 Å². The lowest BCUT2D eigenvalue weighted by atomic mass is 9.99. The molecule has 0 saturated carbocycles. The van der Waals surface area contributed by atoms with Crippen molar-refractivity contribution < 1.29 is 9.84 Å². The van der Waals surface area contributed by atoms with Gasteiger partial charge in [0.25, 0.3) is 0 Å². The van der Waals surface area contributed by atoms with Crippen molar-refractivity contribution in [2.24, 2.45) is 0 Å². The molecular formula is C20H26N2O2. The van der Waals surface area contributed by atoms with E-state index >= 15 is 0 Å². The molecule has 1 fully saturated rings. The summed E-state index contributed by atoms with van der Waals surface area (Å²) in [5.41, 5.74) is 3.39. The van der Waals surface area contributed by atoms with Gasteiger partial charge in [-0.05, 0) is 49.9 Å². The molecule has 0 radical (unpaired) electrons. The Labute approximate surface area is 144 Å². The third kappa shape index (κ3) is 4.34. The van der Waals surface area contributed by atoms with E-state index in [2.05, 4.69) is 41.9 Å². The van der Waals surface area contributed by atoms with Gasteiger partial charge in [0.2, 0.25) is 0 Å². The molecule has 1 aliphatic heterocycles. The Morgan fingerprint density at radius 3 is 2.75 bits per heavy atom. The number of hydrogen-bond acceptors (Lipinski definition) is 4. The van der Waals surface area contributed by atoms with E-state index in [9.17, 15) is 5.11 Å². The molecule has 0 aliphatic carbocycles. The number of aryl methyl sites for hydroxylation is 2. The van der Waals surface area contributed by atoms with Crippen molar-refractivity contribution in [3.63, 3.8) is 0 Å². The van der Waals surface area contributed by atoms with Crippen molar-refractivity contribution in [2.75, 3.05) is 19.6 Å². The summed E-state index contributed by atoms with van der Waals surface area (Å²) in [7, 11) is 0. The minimum atomic E-state index is -0.430. The fraction of sp³-hybridized carbons (Fsp3) is 0.450. The van der Waals surface area contributed by atoms with E-state index in [4.69, 9.17) is 4.74 Å². The number of β-amino-alcohol motifs (C(OH)–C–C–N with tert-alkyl or cyclic N) is 1. The highest BCUT2D eigenvalue weighted by atomic mass is 16.5. The van der Waals surface area contributed by atoms with Gasteiger partial charge in [-0.2, -0.15) is 0 Å². The molecule has 0 amide bonds. The van der Waals surface area contributed by atoms with Crippen LogP contribution in [0, 0.1) is 13.8 Å². The summed E-state index contributed by atoms with van der Waals surface area (Å²) in [5, 5.41) is 10.6. The van der Waals surface area contributed by atoms with E-state index < -0.39 is 6.10 Å². The van der Waals surface area contributed by atoms with E-state index in [-0.39, 0.29) is 6.10 Å². The van der Waals surface area contributed by atoms with Gasteiger partial charge in [-0.15, -0.1) is 0 Å². The fourth-order valence-corrected chi connectivity index (χ4v) is 3.28. The summed E-state index contributed by atoms with van der Waals surface area (Å²) < 4.78 is 5.98. The zero-order valence-electron chi connectivity index (χ0n) is 14.5. The summed E-state index contributed by atoms with van der Waals surface area (Å²) in [6.07, 6.45) is 5.29. The largest absolute Gasteiger partial charge is 0.489 e. The highest BCUT2D eigenvalue weighted by Crippen LogP contribution is 2.23. The van der Waals surface area contributed by atoms with Crippen LogP contribution in [0.15, 0.2) is 42.7 Å². The Kier molecular flexibility index (Phi) is 5.48. The minimum Gasteiger partial charge on any atom is -0.489 e. The first kappa shape index (κ1) is 16.9. The smallest absolute Gasteiger partial charge is 0.137 e. The average Bonchev–Trinajstić information content (AvgIpc) is 2.59. The molecule has 0 unspecified atom stereocenters. The fourth-order valence-electron chi connectivity index (χ4n) is 3.28. The van der Waals surface area contributed by atoms with Crippen LogP contribution in [0.2, 0.25) is 0 Å². The Balaban J connectivity index is 1.51. The predicted molar refractivity (Wildman–Crippen MR) is 95.2 cm³/mol. The summed E-state index contributed by atoms with van der Waals surface area (Å²) in [6, 6.07) is 10.1. The molecule has 1 aromatic heterocycles. The van der Waals surface area contributed by atoms with Gasteiger partial charge < -0.3 is 14.7 Å². The number of likely N-dealkylation sites (tertiary alicyclic amines) is 1. The van der Waals surface area contributed by atoms with Crippen molar-refractivity contribution in [1.82, 2.24) is 9.88 Å². The molecule has 2 aromatic rings. The number of pyridine rings is 1. The number of aliphatic hydroxyl groups excluding tert-OH is 1. The quantitative estimate of drug-likeness (QED) is 0.916. The zero-order chi connectivity index (χ0) is 16.9. The van der Waals surface area contributed by atoms with Gasteiger partial charge in [0.15, 0.2) is 0 Å². The number of hydrogen-bond donors (Lipinski definition) is 1. The molecule has 1 N–H and O–H groups in total. The maximum atomic E-state index is 10.6. The molecule has 128 valence electrons. The van der Waals surface area contributed by atoms with Gasteiger partial charge in [-0.1, -0.05) is 23.8 Å². The minimum absolute atomic E-state index is 0.239. The van der Waals surface area contributed by atoms with Crippen LogP contribution in [-0.2, 0) is 0 Å². The van der Waals surface area contributed by atoms with Crippen LogP contribution in [0.3, 0.4) is 0 Å². The van der Waals surface area contributed by atoms with Crippen LogP contribution >= 0.6 is 0 Å². The molecule has 0 bridgehead atoms. The number of aliphatic hydroxyl groups is 1. The van der Waals surface area contributed by atoms with Crippen molar-refractivity contribution in [1.29, 1.82) is 0 Å². The normalized spacial score (nSPS) is 17.6. The zero-order valence-corrected chi connectivity index (χ0v) is 14.5. The van der Waals surface area contributed by atoms with E-state index in [1.165, 1.54) is 5.56 Å². The standard InChI is InChI=1S/C20H26N2O2/c1-15-5-6-16(2)19(12-15)20(23)14-22-10-7-17(8-11-22)24-18-4-3-9-21-13-18/h3-6,9,12-13,17,20,23H,7-8,10-11,14H2,1-2H3/t20-/m1/s1. The van der Waals surface area contributed by atoms with Crippen molar-refractivity contribution in [3.05, 3.63) is 59.4 Å². The molecule has 24 heavy (non-hydrogen) atoms. The SMILES string of the molecule is Cc1ccc(C)c([C@H](O)CN2CCC(Oc3cccnc3)CC2)c1. The molecular weight excluding hydrogens is 300 g/mol. The number of aromatic nitrogens is 1. The third-order valence-electron chi connectivity index (χ3n) is 4.70. The molecule has 2 heterocycles. The lowest BCUT2D eigenvalue weighted by molar-refractivity contribution is 0.0606. The van der Waals surface area contributed by atoms with Crippen LogP contribution in [0.4, 0.5) is 0 Å². The second kappa shape index (κ2) is 7.77. The molecule has 1 aliphatic rings. The third-order valence-corrected chi connectivity index (χ3v) is 4.70. The average molecular weight is 326 g/mol. The lowest BCUT2D eigenvalue weighted by Gasteiger charge is -2.33. The Morgan fingerprint density at radius 2 is 2.04 bits per heavy atom.